The molecular weight excluding hydrogens is 492 g/mol. The zero-order chi connectivity index (χ0) is 27.4. The Morgan fingerprint density at radius 2 is 1.74 bits per heavy atom. The number of nitrogens with one attached hydrogen (secondary N) is 2. The van der Waals surface area contributed by atoms with Gasteiger partial charge in [-0.3, -0.25) is 14.6 Å². The lowest BCUT2D eigenvalue weighted by Gasteiger charge is -2.17. The molecule has 192 valence electrons. The maximum absolute atomic E-state index is 13.1. The molecule has 2 aromatic carbocycles. The van der Waals surface area contributed by atoms with E-state index in [1.807, 2.05) is 39.0 Å². The van der Waals surface area contributed by atoms with Gasteiger partial charge in [0.1, 0.15) is 0 Å². The van der Waals surface area contributed by atoms with E-state index >= 15 is 0 Å². The van der Waals surface area contributed by atoms with Gasteiger partial charge in [0, 0.05) is 39.8 Å². The lowest BCUT2D eigenvalue weighted by Crippen LogP contribution is -2.17. The Morgan fingerprint density at radius 1 is 0.974 bits per heavy atom. The number of pyridine rings is 1. The summed E-state index contributed by atoms with van der Waals surface area (Å²) in [4.78, 5) is 31.5. The third-order valence-corrected chi connectivity index (χ3v) is 7.44. The number of benzene rings is 2. The molecule has 0 saturated heterocycles. The number of hydrogen-bond acceptors (Lipinski definition) is 5. The number of carbonyl (C=O) groups excluding carboxylic acids is 2. The molecule has 4 rings (SSSR count). The molecule has 0 aliphatic heterocycles. The zero-order valence-corrected chi connectivity index (χ0v) is 22.9. The smallest absolute Gasteiger partial charge is 0.257 e. The van der Waals surface area contributed by atoms with E-state index in [1.54, 1.807) is 47.9 Å². The first-order chi connectivity index (χ1) is 18.1. The van der Waals surface area contributed by atoms with Crippen LogP contribution in [-0.4, -0.2) is 16.8 Å². The first kappa shape index (κ1) is 26.8. The molecule has 0 atom stereocenters. The Labute approximate surface area is 227 Å². The van der Waals surface area contributed by atoms with E-state index in [0.717, 1.165) is 21.6 Å². The molecule has 0 spiro atoms. The molecule has 4 aromatic rings. The van der Waals surface area contributed by atoms with Crippen molar-refractivity contribution in [3.8, 4) is 16.5 Å². The van der Waals surface area contributed by atoms with Gasteiger partial charge in [-0.25, -0.2) is 0 Å². The summed E-state index contributed by atoms with van der Waals surface area (Å²) in [7, 11) is 0. The highest BCUT2D eigenvalue weighted by Gasteiger charge is 2.20. The summed E-state index contributed by atoms with van der Waals surface area (Å²) in [5, 5.41) is 17.4. The predicted octanol–water partition coefficient (Wildman–Crippen LogP) is 7.55. The Hall–Kier alpha value is -4.28. The van der Waals surface area contributed by atoms with Crippen LogP contribution in [-0.2, 0) is 5.41 Å². The molecule has 7 heteroatoms. The van der Waals surface area contributed by atoms with Gasteiger partial charge in [-0.15, -0.1) is 11.3 Å². The number of anilines is 2. The summed E-state index contributed by atoms with van der Waals surface area (Å²) in [6.45, 7) is 9.84. The van der Waals surface area contributed by atoms with Gasteiger partial charge in [0.05, 0.1) is 17.0 Å². The summed E-state index contributed by atoms with van der Waals surface area (Å²) in [5.74, 6) is -0.179. The van der Waals surface area contributed by atoms with E-state index in [-0.39, 0.29) is 11.8 Å². The number of aromatic nitrogens is 1. The highest BCUT2D eigenvalue weighted by atomic mass is 32.1. The second kappa shape index (κ2) is 11.0. The summed E-state index contributed by atoms with van der Waals surface area (Å²) in [5.41, 5.74) is 5.10. The van der Waals surface area contributed by atoms with E-state index in [0.29, 0.717) is 28.4 Å². The van der Waals surface area contributed by atoms with E-state index < -0.39 is 5.41 Å². The van der Waals surface area contributed by atoms with E-state index in [2.05, 4.69) is 47.0 Å². The standard InChI is InChI=1S/C31H30N4O2S/c1-19(2)24-13-28(38-17-24)22-11-23(16-33-15-22)30(37)35-27-12-21(10-9-20(27)3)29(36)34-26-8-6-7-25(14-26)31(4,5)18-32/h6-17,19H,1-5H3,(H,34,36)(H,35,37). The molecule has 2 N–H and O–H groups in total. The van der Waals surface area contributed by atoms with Crippen molar-refractivity contribution in [2.75, 3.05) is 10.6 Å². The summed E-state index contributed by atoms with van der Waals surface area (Å²) < 4.78 is 0. The van der Waals surface area contributed by atoms with E-state index in [1.165, 1.54) is 11.8 Å². The summed E-state index contributed by atoms with van der Waals surface area (Å²) in [6, 6.07) is 18.7. The van der Waals surface area contributed by atoms with Crippen LogP contribution in [0.3, 0.4) is 0 Å². The van der Waals surface area contributed by atoms with Gasteiger partial charge in [0.25, 0.3) is 11.8 Å². The molecule has 0 bridgehead atoms. The molecule has 6 nitrogen and oxygen atoms in total. The number of hydrogen-bond donors (Lipinski definition) is 2. The summed E-state index contributed by atoms with van der Waals surface area (Å²) in [6.07, 6.45) is 3.30. The monoisotopic (exact) mass is 522 g/mol. The van der Waals surface area contributed by atoms with Crippen molar-refractivity contribution >= 4 is 34.5 Å². The predicted molar refractivity (Wildman–Crippen MR) is 154 cm³/mol. The first-order valence-corrected chi connectivity index (χ1v) is 13.2. The minimum atomic E-state index is -0.672. The Morgan fingerprint density at radius 3 is 2.45 bits per heavy atom. The molecule has 2 aromatic heterocycles. The lowest BCUT2D eigenvalue weighted by molar-refractivity contribution is 0.101. The van der Waals surface area contributed by atoms with Crippen molar-refractivity contribution in [1.82, 2.24) is 4.98 Å². The maximum Gasteiger partial charge on any atom is 0.257 e. The third-order valence-electron chi connectivity index (χ3n) is 6.44. The minimum absolute atomic E-state index is 0.299. The van der Waals surface area contributed by atoms with Crippen molar-refractivity contribution in [1.29, 1.82) is 5.26 Å². The highest BCUT2D eigenvalue weighted by molar-refractivity contribution is 7.13. The molecule has 38 heavy (non-hydrogen) atoms. The van der Waals surface area contributed by atoms with E-state index in [9.17, 15) is 14.9 Å². The van der Waals surface area contributed by atoms with Gasteiger partial charge in [0.2, 0.25) is 0 Å². The fourth-order valence-electron chi connectivity index (χ4n) is 3.85. The molecule has 0 unspecified atom stereocenters. The molecular formula is C31H30N4O2S. The van der Waals surface area contributed by atoms with Crippen molar-refractivity contribution in [3.05, 3.63) is 100 Å². The van der Waals surface area contributed by atoms with Crippen LogP contribution in [0.25, 0.3) is 10.4 Å². The van der Waals surface area contributed by atoms with Crippen molar-refractivity contribution in [2.45, 2.75) is 46.0 Å². The summed E-state index contributed by atoms with van der Waals surface area (Å²) >= 11 is 1.63. The SMILES string of the molecule is Cc1ccc(C(=O)Nc2cccc(C(C)(C)C#N)c2)cc1NC(=O)c1cncc(-c2cc(C(C)C)cs2)c1. The fourth-order valence-corrected chi connectivity index (χ4v) is 4.90. The van der Waals surface area contributed by atoms with Crippen molar-refractivity contribution in [2.24, 2.45) is 0 Å². The van der Waals surface area contributed by atoms with Gasteiger partial charge < -0.3 is 10.6 Å². The minimum Gasteiger partial charge on any atom is -0.322 e. The average molecular weight is 523 g/mol. The van der Waals surface area contributed by atoms with Crippen LogP contribution in [0.15, 0.2) is 72.4 Å². The van der Waals surface area contributed by atoms with Crippen LogP contribution in [0.2, 0.25) is 0 Å². The molecule has 0 fully saturated rings. The van der Waals surface area contributed by atoms with Crippen molar-refractivity contribution < 1.29 is 9.59 Å². The molecule has 2 heterocycles. The topological polar surface area (TPSA) is 94.9 Å². The largest absolute Gasteiger partial charge is 0.322 e. The Kier molecular flexibility index (Phi) is 7.75. The maximum atomic E-state index is 13.1. The quantitative estimate of drug-likeness (QED) is 0.262. The number of nitrogens with zero attached hydrogens (tertiary/aromatic N) is 2. The van der Waals surface area contributed by atoms with Crippen molar-refractivity contribution in [3.63, 3.8) is 0 Å². The van der Waals surface area contributed by atoms with Crippen LogP contribution in [0.5, 0.6) is 0 Å². The lowest BCUT2D eigenvalue weighted by atomic mass is 9.86. The zero-order valence-electron chi connectivity index (χ0n) is 22.1. The van der Waals surface area contributed by atoms with Crippen LogP contribution >= 0.6 is 11.3 Å². The van der Waals surface area contributed by atoms with Gasteiger partial charge in [-0.05, 0) is 85.2 Å². The molecule has 0 radical (unpaired) electrons. The number of thiophene rings is 1. The second-order valence-electron chi connectivity index (χ2n) is 10.1. The number of amides is 2. The normalized spacial score (nSPS) is 11.2. The third kappa shape index (κ3) is 5.99. The van der Waals surface area contributed by atoms with Gasteiger partial charge in [0.15, 0.2) is 0 Å². The van der Waals surface area contributed by atoms with E-state index in [4.69, 9.17) is 0 Å². The number of rotatable bonds is 7. The van der Waals surface area contributed by atoms with Crippen LogP contribution in [0.4, 0.5) is 11.4 Å². The van der Waals surface area contributed by atoms with Gasteiger partial charge in [-0.2, -0.15) is 5.26 Å². The Balaban J connectivity index is 1.51. The van der Waals surface area contributed by atoms with Crippen LogP contribution in [0.1, 0.15) is 71.0 Å². The molecule has 0 aliphatic rings. The Bertz CT molecular complexity index is 1550. The first-order valence-electron chi connectivity index (χ1n) is 12.4. The second-order valence-corrected chi connectivity index (χ2v) is 11.0. The van der Waals surface area contributed by atoms with Crippen LogP contribution in [0, 0.1) is 18.3 Å². The molecule has 2 amide bonds. The number of nitriles is 1. The van der Waals surface area contributed by atoms with Gasteiger partial charge >= 0.3 is 0 Å². The number of aryl methyl sites for hydroxylation is 1. The average Bonchev–Trinajstić information content (AvgIpc) is 3.41. The van der Waals surface area contributed by atoms with Crippen LogP contribution < -0.4 is 10.6 Å². The fraction of sp³-hybridized carbons (Fsp3) is 0.226. The molecule has 0 saturated carbocycles. The number of carbonyl (C=O) groups is 2. The van der Waals surface area contributed by atoms with Gasteiger partial charge in [-0.1, -0.05) is 32.0 Å². The highest BCUT2D eigenvalue weighted by Crippen LogP contribution is 2.31. The molecule has 0 aliphatic carbocycles.